The number of carbonyl (C=O) groups is 1. The second-order valence-corrected chi connectivity index (χ2v) is 6.16. The zero-order valence-corrected chi connectivity index (χ0v) is 14.4. The highest BCUT2D eigenvalue weighted by Crippen LogP contribution is 2.20. The quantitative estimate of drug-likeness (QED) is 0.369. The summed E-state index contributed by atoms with van der Waals surface area (Å²) in [6.45, 7) is 2.13. The molecule has 5 nitrogen and oxygen atoms in total. The first-order valence-electron chi connectivity index (χ1n) is 7.71. The normalized spacial score (nSPS) is 16.2. The van der Waals surface area contributed by atoms with Crippen molar-refractivity contribution < 1.29 is 9.53 Å². The van der Waals surface area contributed by atoms with Gasteiger partial charge in [-0.2, -0.15) is 0 Å². The number of rotatable bonds is 4. The lowest BCUT2D eigenvalue weighted by Gasteiger charge is -2.19. The highest BCUT2D eigenvalue weighted by Gasteiger charge is 2.18. The van der Waals surface area contributed by atoms with Crippen LogP contribution in [0.4, 0.5) is 5.69 Å². The number of nitrogens with one attached hydrogen (secondary N) is 2. The SMILES string of the molecule is CCOC(=O)C(=NC1CCCCC1)NNc1ccc(Br)cc1. The van der Waals surface area contributed by atoms with E-state index in [9.17, 15) is 4.79 Å². The lowest BCUT2D eigenvalue weighted by Crippen LogP contribution is -2.38. The van der Waals surface area contributed by atoms with Gasteiger partial charge in [0.05, 0.1) is 18.3 Å². The molecule has 0 unspecified atom stereocenters. The van der Waals surface area contributed by atoms with Crippen LogP contribution in [0.25, 0.3) is 0 Å². The second kappa shape index (κ2) is 8.78. The van der Waals surface area contributed by atoms with Crippen LogP contribution in [0.5, 0.6) is 0 Å². The maximum absolute atomic E-state index is 12.0. The van der Waals surface area contributed by atoms with Gasteiger partial charge in [-0.3, -0.25) is 15.8 Å². The Bertz CT molecular complexity index is 511. The molecule has 1 fully saturated rings. The van der Waals surface area contributed by atoms with Gasteiger partial charge in [0.1, 0.15) is 0 Å². The Kier molecular flexibility index (Phi) is 6.71. The minimum atomic E-state index is -0.419. The number of ether oxygens (including phenoxy) is 1. The van der Waals surface area contributed by atoms with E-state index in [1.54, 1.807) is 6.92 Å². The molecule has 0 atom stereocenters. The van der Waals surface area contributed by atoms with Crippen molar-refractivity contribution in [3.63, 3.8) is 0 Å². The van der Waals surface area contributed by atoms with Crippen molar-refractivity contribution in [2.45, 2.75) is 45.1 Å². The monoisotopic (exact) mass is 367 g/mol. The van der Waals surface area contributed by atoms with E-state index in [-0.39, 0.29) is 11.9 Å². The van der Waals surface area contributed by atoms with Crippen LogP contribution in [-0.2, 0) is 9.53 Å². The van der Waals surface area contributed by atoms with Gasteiger partial charge in [0.25, 0.3) is 0 Å². The van der Waals surface area contributed by atoms with Crippen molar-refractivity contribution in [2.75, 3.05) is 12.0 Å². The van der Waals surface area contributed by atoms with Crippen molar-refractivity contribution in [3.8, 4) is 0 Å². The Balaban J connectivity index is 2.01. The number of anilines is 1. The first kappa shape index (κ1) is 16.8. The van der Waals surface area contributed by atoms with Gasteiger partial charge >= 0.3 is 5.97 Å². The summed E-state index contributed by atoms with van der Waals surface area (Å²) in [5, 5.41) is 0. The molecule has 1 aromatic rings. The van der Waals surface area contributed by atoms with Crippen molar-refractivity contribution in [3.05, 3.63) is 28.7 Å². The first-order valence-corrected chi connectivity index (χ1v) is 8.51. The third-order valence-corrected chi connectivity index (χ3v) is 4.05. The van der Waals surface area contributed by atoms with E-state index in [1.165, 1.54) is 19.3 Å². The fraction of sp³-hybridized carbons (Fsp3) is 0.500. The molecule has 0 amide bonds. The molecular formula is C16H22BrN3O2. The number of amidine groups is 1. The number of nitrogens with zero attached hydrogens (tertiary/aromatic N) is 1. The Morgan fingerprint density at radius 2 is 1.95 bits per heavy atom. The van der Waals surface area contributed by atoms with Crippen LogP contribution >= 0.6 is 15.9 Å². The molecule has 0 aliphatic heterocycles. The van der Waals surface area contributed by atoms with Gasteiger partial charge in [-0.25, -0.2) is 4.79 Å². The Labute approximate surface area is 139 Å². The predicted octanol–water partition coefficient (Wildman–Crippen LogP) is 3.66. The Hall–Kier alpha value is -1.56. The van der Waals surface area contributed by atoms with Crippen LogP contribution < -0.4 is 10.9 Å². The summed E-state index contributed by atoms with van der Waals surface area (Å²) in [5.41, 5.74) is 6.75. The molecular weight excluding hydrogens is 346 g/mol. The molecule has 0 bridgehead atoms. The third-order valence-electron chi connectivity index (χ3n) is 3.52. The highest BCUT2D eigenvalue weighted by atomic mass is 79.9. The molecule has 6 heteroatoms. The third kappa shape index (κ3) is 5.33. The second-order valence-electron chi connectivity index (χ2n) is 5.25. The summed E-state index contributed by atoms with van der Waals surface area (Å²) in [5.74, 6) is -0.172. The van der Waals surface area contributed by atoms with Crippen LogP contribution in [0.2, 0.25) is 0 Å². The summed E-state index contributed by atoms with van der Waals surface area (Å²) in [7, 11) is 0. The first-order chi connectivity index (χ1) is 10.7. The zero-order valence-electron chi connectivity index (χ0n) is 12.8. The van der Waals surface area contributed by atoms with Crippen molar-refractivity contribution in [1.29, 1.82) is 0 Å². The summed E-state index contributed by atoms with van der Waals surface area (Å²) in [6.07, 6.45) is 5.66. The number of aliphatic imine (C=N–C) groups is 1. The summed E-state index contributed by atoms with van der Waals surface area (Å²) in [4.78, 5) is 16.6. The van der Waals surface area contributed by atoms with Crippen molar-refractivity contribution in [2.24, 2.45) is 4.99 Å². The molecule has 1 saturated carbocycles. The van der Waals surface area contributed by atoms with E-state index >= 15 is 0 Å². The summed E-state index contributed by atoms with van der Waals surface area (Å²) < 4.78 is 6.07. The summed E-state index contributed by atoms with van der Waals surface area (Å²) in [6, 6.07) is 7.85. The number of hydrogen-bond donors (Lipinski definition) is 2. The molecule has 1 aliphatic rings. The standard InChI is InChI=1S/C16H22BrN3O2/c1-2-22-16(21)15(18-13-6-4-3-5-7-13)20-19-14-10-8-12(17)9-11-14/h8-11,13,19H,2-7H2,1H3,(H,18,20). The maximum atomic E-state index is 12.0. The minimum Gasteiger partial charge on any atom is -0.460 e. The van der Waals surface area contributed by atoms with Gasteiger partial charge in [0.15, 0.2) is 0 Å². The van der Waals surface area contributed by atoms with E-state index in [0.717, 1.165) is 23.0 Å². The Morgan fingerprint density at radius 3 is 2.59 bits per heavy atom. The van der Waals surface area contributed by atoms with E-state index in [1.807, 2.05) is 24.3 Å². The van der Waals surface area contributed by atoms with Gasteiger partial charge in [-0.15, -0.1) is 0 Å². The lowest BCUT2D eigenvalue weighted by atomic mass is 9.96. The molecule has 0 heterocycles. The topological polar surface area (TPSA) is 62.7 Å². The lowest BCUT2D eigenvalue weighted by molar-refractivity contribution is -0.135. The molecule has 0 radical (unpaired) electrons. The van der Waals surface area contributed by atoms with E-state index in [4.69, 9.17) is 4.74 Å². The molecule has 22 heavy (non-hydrogen) atoms. The largest absolute Gasteiger partial charge is 0.460 e. The Morgan fingerprint density at radius 1 is 1.27 bits per heavy atom. The maximum Gasteiger partial charge on any atom is 0.375 e. The average molecular weight is 368 g/mol. The fourth-order valence-electron chi connectivity index (χ4n) is 2.39. The van der Waals surface area contributed by atoms with E-state index < -0.39 is 5.97 Å². The molecule has 2 rings (SSSR count). The number of benzene rings is 1. The van der Waals surface area contributed by atoms with Crippen LogP contribution in [0, 0.1) is 0 Å². The van der Waals surface area contributed by atoms with Gasteiger partial charge in [-0.05, 0) is 44.0 Å². The van der Waals surface area contributed by atoms with Gasteiger partial charge in [0, 0.05) is 4.47 Å². The van der Waals surface area contributed by atoms with E-state index in [0.29, 0.717) is 6.61 Å². The zero-order chi connectivity index (χ0) is 15.8. The smallest absolute Gasteiger partial charge is 0.375 e. The van der Waals surface area contributed by atoms with Crippen LogP contribution in [0.15, 0.2) is 33.7 Å². The minimum absolute atomic E-state index is 0.201. The number of hydrazine groups is 1. The highest BCUT2D eigenvalue weighted by molar-refractivity contribution is 9.10. The number of carbonyl (C=O) groups excluding carboxylic acids is 1. The van der Waals surface area contributed by atoms with Gasteiger partial charge < -0.3 is 4.74 Å². The van der Waals surface area contributed by atoms with Crippen LogP contribution in [0.3, 0.4) is 0 Å². The molecule has 120 valence electrons. The van der Waals surface area contributed by atoms with Crippen molar-refractivity contribution >= 4 is 33.4 Å². The van der Waals surface area contributed by atoms with Gasteiger partial charge in [0.2, 0.25) is 5.84 Å². The van der Waals surface area contributed by atoms with Crippen LogP contribution in [0.1, 0.15) is 39.0 Å². The molecule has 0 aromatic heterocycles. The van der Waals surface area contributed by atoms with Crippen LogP contribution in [-0.4, -0.2) is 24.5 Å². The number of hydrogen-bond acceptors (Lipinski definition) is 4. The molecule has 0 saturated heterocycles. The molecule has 1 aliphatic carbocycles. The van der Waals surface area contributed by atoms with E-state index in [2.05, 4.69) is 31.8 Å². The molecule has 0 spiro atoms. The van der Waals surface area contributed by atoms with Crippen molar-refractivity contribution in [1.82, 2.24) is 5.43 Å². The number of esters is 1. The predicted molar refractivity (Wildman–Crippen MR) is 91.8 cm³/mol. The van der Waals surface area contributed by atoms with Gasteiger partial charge in [-0.1, -0.05) is 35.2 Å². The molecule has 1 aromatic carbocycles. The number of halogens is 1. The average Bonchev–Trinajstić information content (AvgIpc) is 2.54. The fourth-order valence-corrected chi connectivity index (χ4v) is 2.66. The summed E-state index contributed by atoms with van der Waals surface area (Å²) >= 11 is 3.39. The molecule has 2 N–H and O–H groups in total.